The van der Waals surface area contributed by atoms with Crippen LogP contribution < -0.4 is 5.76 Å². The Morgan fingerprint density at radius 3 is 2.82 bits per heavy atom. The van der Waals surface area contributed by atoms with Crippen LogP contribution in [-0.2, 0) is 16.6 Å². The number of H-pyrrole nitrogens is 1. The summed E-state index contributed by atoms with van der Waals surface area (Å²) in [7, 11) is -2.23. The number of pyridine rings is 1. The van der Waals surface area contributed by atoms with Gasteiger partial charge in [0.25, 0.3) is 0 Å². The van der Waals surface area contributed by atoms with E-state index in [1.165, 1.54) is 29.6 Å². The molecule has 22 heavy (non-hydrogen) atoms. The van der Waals surface area contributed by atoms with Crippen LogP contribution in [0.25, 0.3) is 11.1 Å². The van der Waals surface area contributed by atoms with E-state index in [2.05, 4.69) is 9.97 Å². The quantitative estimate of drug-likeness (QED) is 0.782. The smallest absolute Gasteiger partial charge is 0.408 e. The van der Waals surface area contributed by atoms with Gasteiger partial charge in [-0.15, -0.1) is 0 Å². The molecule has 0 bridgehead atoms. The SMILES string of the molecule is CN(Cc1ccccn1)S(=O)(=O)c1ccc2[nH]c(=O)oc2c1. The zero-order valence-corrected chi connectivity index (χ0v) is 12.5. The monoisotopic (exact) mass is 319 g/mol. The summed E-state index contributed by atoms with van der Waals surface area (Å²) in [6, 6.07) is 9.57. The number of aromatic nitrogens is 2. The average Bonchev–Trinajstić information content (AvgIpc) is 2.87. The molecule has 0 aliphatic heterocycles. The van der Waals surface area contributed by atoms with Crippen LogP contribution in [0.15, 0.2) is 56.7 Å². The normalized spacial score (nSPS) is 12.1. The van der Waals surface area contributed by atoms with E-state index in [0.29, 0.717) is 11.2 Å². The second-order valence-corrected chi connectivity index (χ2v) is 6.80. The fourth-order valence-corrected chi connectivity index (χ4v) is 3.23. The van der Waals surface area contributed by atoms with Gasteiger partial charge in [-0.1, -0.05) is 6.07 Å². The summed E-state index contributed by atoms with van der Waals surface area (Å²) >= 11 is 0. The Morgan fingerprint density at radius 1 is 1.27 bits per heavy atom. The van der Waals surface area contributed by atoms with Gasteiger partial charge in [0.15, 0.2) is 5.58 Å². The van der Waals surface area contributed by atoms with Crippen LogP contribution in [0.1, 0.15) is 5.69 Å². The van der Waals surface area contributed by atoms with Crippen LogP contribution in [-0.4, -0.2) is 29.7 Å². The minimum atomic E-state index is -3.70. The summed E-state index contributed by atoms with van der Waals surface area (Å²) in [5.41, 5.74) is 1.30. The Labute approximate surface area is 126 Å². The molecular formula is C14H13N3O4S. The van der Waals surface area contributed by atoms with Crippen molar-refractivity contribution >= 4 is 21.1 Å². The van der Waals surface area contributed by atoms with Gasteiger partial charge in [0.1, 0.15) is 0 Å². The van der Waals surface area contributed by atoms with Gasteiger partial charge in [-0.05, 0) is 24.3 Å². The Bertz CT molecular complexity index is 960. The molecule has 8 heteroatoms. The zero-order chi connectivity index (χ0) is 15.7. The highest BCUT2D eigenvalue weighted by Crippen LogP contribution is 2.20. The molecular weight excluding hydrogens is 306 g/mol. The molecule has 114 valence electrons. The van der Waals surface area contributed by atoms with E-state index in [4.69, 9.17) is 4.42 Å². The molecule has 1 aromatic carbocycles. The minimum absolute atomic E-state index is 0.0566. The molecule has 0 saturated heterocycles. The van der Waals surface area contributed by atoms with Crippen molar-refractivity contribution < 1.29 is 12.8 Å². The first-order valence-electron chi connectivity index (χ1n) is 6.46. The molecule has 2 aromatic heterocycles. The number of hydrogen-bond donors (Lipinski definition) is 1. The van der Waals surface area contributed by atoms with Crippen molar-refractivity contribution in [3.8, 4) is 0 Å². The maximum absolute atomic E-state index is 12.6. The molecule has 3 rings (SSSR count). The summed E-state index contributed by atoms with van der Waals surface area (Å²) in [5.74, 6) is -0.619. The standard InChI is InChI=1S/C14H13N3O4S/c1-17(9-10-4-2-3-7-15-10)22(19,20)11-5-6-12-13(8-11)21-14(18)16-12/h2-8H,9H2,1H3,(H,16,18). The topological polar surface area (TPSA) is 96.3 Å². The number of benzene rings is 1. The lowest BCUT2D eigenvalue weighted by Crippen LogP contribution is -2.26. The van der Waals surface area contributed by atoms with E-state index in [0.717, 1.165) is 0 Å². The lowest BCUT2D eigenvalue weighted by atomic mass is 10.3. The van der Waals surface area contributed by atoms with Crippen molar-refractivity contribution in [2.45, 2.75) is 11.4 Å². The molecule has 0 unspecified atom stereocenters. The molecule has 0 amide bonds. The van der Waals surface area contributed by atoms with Gasteiger partial charge >= 0.3 is 5.76 Å². The van der Waals surface area contributed by atoms with Crippen molar-refractivity contribution in [1.82, 2.24) is 14.3 Å². The predicted octanol–water partition coefficient (Wildman–Crippen LogP) is 1.34. The van der Waals surface area contributed by atoms with Gasteiger partial charge in [-0.25, -0.2) is 13.2 Å². The van der Waals surface area contributed by atoms with Crippen molar-refractivity contribution in [3.05, 3.63) is 58.8 Å². The molecule has 0 fully saturated rings. The fraction of sp³-hybridized carbons (Fsp3) is 0.143. The molecule has 0 radical (unpaired) electrons. The van der Waals surface area contributed by atoms with Crippen LogP contribution in [0.3, 0.4) is 0 Å². The molecule has 7 nitrogen and oxygen atoms in total. The third-order valence-electron chi connectivity index (χ3n) is 3.21. The summed E-state index contributed by atoms with van der Waals surface area (Å²) in [6.45, 7) is 0.151. The van der Waals surface area contributed by atoms with Crippen LogP contribution in [0.5, 0.6) is 0 Å². The summed E-state index contributed by atoms with van der Waals surface area (Å²) < 4.78 is 31.2. The van der Waals surface area contributed by atoms with E-state index in [9.17, 15) is 13.2 Å². The highest BCUT2D eigenvalue weighted by molar-refractivity contribution is 7.89. The Hall–Kier alpha value is -2.45. The van der Waals surface area contributed by atoms with E-state index < -0.39 is 15.8 Å². The van der Waals surface area contributed by atoms with E-state index in [1.54, 1.807) is 24.4 Å². The number of fused-ring (bicyclic) bond motifs is 1. The van der Waals surface area contributed by atoms with Crippen LogP contribution in [0.4, 0.5) is 0 Å². The van der Waals surface area contributed by atoms with Crippen LogP contribution >= 0.6 is 0 Å². The molecule has 3 aromatic rings. The number of nitrogens with one attached hydrogen (secondary N) is 1. The van der Waals surface area contributed by atoms with Crippen molar-refractivity contribution in [2.24, 2.45) is 0 Å². The maximum Gasteiger partial charge on any atom is 0.417 e. The molecule has 0 aliphatic rings. The summed E-state index contributed by atoms with van der Waals surface area (Å²) in [4.78, 5) is 17.8. The molecule has 1 N–H and O–H groups in total. The second-order valence-electron chi connectivity index (χ2n) is 4.75. The van der Waals surface area contributed by atoms with Gasteiger partial charge < -0.3 is 4.42 Å². The van der Waals surface area contributed by atoms with E-state index >= 15 is 0 Å². The lowest BCUT2D eigenvalue weighted by Gasteiger charge is -2.16. The van der Waals surface area contributed by atoms with E-state index in [1.807, 2.05) is 0 Å². The summed E-state index contributed by atoms with van der Waals surface area (Å²) in [5, 5.41) is 0. The lowest BCUT2D eigenvalue weighted by molar-refractivity contribution is 0.462. The number of rotatable bonds is 4. The fourth-order valence-electron chi connectivity index (χ4n) is 2.07. The number of aromatic amines is 1. The number of oxazole rings is 1. The first-order chi connectivity index (χ1) is 10.5. The Kier molecular flexibility index (Phi) is 3.55. The minimum Gasteiger partial charge on any atom is -0.408 e. The Balaban J connectivity index is 1.94. The van der Waals surface area contributed by atoms with E-state index in [-0.39, 0.29) is 17.0 Å². The predicted molar refractivity (Wildman–Crippen MR) is 79.7 cm³/mol. The van der Waals surface area contributed by atoms with Crippen molar-refractivity contribution in [3.63, 3.8) is 0 Å². The third-order valence-corrected chi connectivity index (χ3v) is 5.01. The first kappa shape index (κ1) is 14.5. The highest BCUT2D eigenvalue weighted by Gasteiger charge is 2.22. The van der Waals surface area contributed by atoms with Gasteiger partial charge in [-0.2, -0.15) is 4.31 Å². The molecule has 0 saturated carbocycles. The molecule has 0 aliphatic carbocycles. The van der Waals surface area contributed by atoms with Crippen LogP contribution in [0.2, 0.25) is 0 Å². The van der Waals surface area contributed by atoms with Crippen LogP contribution in [0, 0.1) is 0 Å². The average molecular weight is 319 g/mol. The Morgan fingerprint density at radius 2 is 2.09 bits per heavy atom. The summed E-state index contributed by atoms with van der Waals surface area (Å²) in [6.07, 6.45) is 1.61. The number of nitrogens with zero attached hydrogens (tertiary/aromatic N) is 2. The van der Waals surface area contributed by atoms with Crippen molar-refractivity contribution in [2.75, 3.05) is 7.05 Å². The van der Waals surface area contributed by atoms with Crippen molar-refractivity contribution in [1.29, 1.82) is 0 Å². The second kappa shape index (κ2) is 5.39. The van der Waals surface area contributed by atoms with Gasteiger partial charge in [0.2, 0.25) is 10.0 Å². The van der Waals surface area contributed by atoms with Gasteiger partial charge in [0, 0.05) is 19.3 Å². The molecule has 0 atom stereocenters. The highest BCUT2D eigenvalue weighted by atomic mass is 32.2. The van der Waals surface area contributed by atoms with Gasteiger partial charge in [-0.3, -0.25) is 9.97 Å². The molecule has 0 spiro atoms. The third kappa shape index (κ3) is 2.66. The molecule has 2 heterocycles. The zero-order valence-electron chi connectivity index (χ0n) is 11.7. The largest absolute Gasteiger partial charge is 0.417 e. The van der Waals surface area contributed by atoms with Gasteiger partial charge in [0.05, 0.1) is 22.7 Å². The number of hydrogen-bond acceptors (Lipinski definition) is 5. The first-order valence-corrected chi connectivity index (χ1v) is 7.90. The maximum atomic E-state index is 12.6. The number of sulfonamides is 1.